The van der Waals surface area contributed by atoms with Crippen molar-refractivity contribution in [2.24, 2.45) is 0 Å². The number of hydrogen-bond acceptors (Lipinski definition) is 4. The largest absolute Gasteiger partial charge is 0.497 e. The molecule has 0 bridgehead atoms. The highest BCUT2D eigenvalue weighted by Gasteiger charge is 2.35. The van der Waals surface area contributed by atoms with Crippen LogP contribution in [0.2, 0.25) is 0 Å². The van der Waals surface area contributed by atoms with Crippen LogP contribution in [0, 0.1) is 12.7 Å². The van der Waals surface area contributed by atoms with Crippen molar-refractivity contribution in [2.75, 3.05) is 19.1 Å². The van der Waals surface area contributed by atoms with Gasteiger partial charge in [0.1, 0.15) is 11.6 Å². The minimum absolute atomic E-state index is 0.343. The number of aryl methyl sites for hydroxylation is 1. The Bertz CT molecular complexity index is 957. The average molecular weight is 400 g/mol. The van der Waals surface area contributed by atoms with Gasteiger partial charge in [-0.1, -0.05) is 18.2 Å². The molecule has 0 aromatic heterocycles. The van der Waals surface area contributed by atoms with Crippen LogP contribution in [-0.2, 0) is 9.53 Å². The van der Waals surface area contributed by atoms with Gasteiger partial charge < -0.3 is 14.8 Å². The van der Waals surface area contributed by atoms with E-state index in [1.165, 1.54) is 13.2 Å². The fourth-order valence-corrected chi connectivity index (χ4v) is 3.56. The van der Waals surface area contributed by atoms with Gasteiger partial charge in [0, 0.05) is 5.70 Å². The van der Waals surface area contributed by atoms with Crippen LogP contribution in [0.4, 0.5) is 10.1 Å². The van der Waals surface area contributed by atoms with Crippen LogP contribution in [0.3, 0.4) is 0 Å². The number of thiocarbonyl (C=S) groups is 1. The minimum Gasteiger partial charge on any atom is -0.497 e. The summed E-state index contributed by atoms with van der Waals surface area (Å²) in [6, 6.07) is 11.7. The smallest absolute Gasteiger partial charge is 0.337 e. The Morgan fingerprint density at radius 2 is 1.82 bits per heavy atom. The summed E-state index contributed by atoms with van der Waals surface area (Å²) in [5, 5.41) is 3.55. The summed E-state index contributed by atoms with van der Waals surface area (Å²) in [7, 11) is 2.92. The number of nitrogens with zero attached hydrogens (tertiary/aromatic N) is 1. The zero-order valence-electron chi connectivity index (χ0n) is 16.1. The average Bonchev–Trinajstić information content (AvgIpc) is 2.69. The number of allylic oxidation sites excluding steroid dienone is 1. The third-order valence-corrected chi connectivity index (χ3v) is 5.05. The highest BCUT2D eigenvalue weighted by atomic mass is 32.1. The standard InChI is InChI=1S/C21H21FN2O3S/c1-12-5-8-15(11-17(12)22)24-13(2)18(20(25)27-4)19(23-21(24)28)14-6-9-16(26-3)10-7-14/h5-11,19H,1-4H3,(H,23,28)/t19-/m0/s1. The first-order valence-electron chi connectivity index (χ1n) is 8.67. The highest BCUT2D eigenvalue weighted by Crippen LogP contribution is 2.35. The lowest BCUT2D eigenvalue weighted by Gasteiger charge is -2.37. The first-order chi connectivity index (χ1) is 13.4. The molecule has 0 radical (unpaired) electrons. The molecule has 1 aliphatic heterocycles. The predicted octanol–water partition coefficient (Wildman–Crippen LogP) is 4.03. The molecular formula is C21H21FN2O3S. The van der Waals surface area contributed by atoms with E-state index in [-0.39, 0.29) is 5.82 Å². The minimum atomic E-state index is -0.489. The topological polar surface area (TPSA) is 50.8 Å². The van der Waals surface area contributed by atoms with Crippen LogP contribution < -0.4 is 15.0 Å². The van der Waals surface area contributed by atoms with Gasteiger partial charge in [0.2, 0.25) is 0 Å². The van der Waals surface area contributed by atoms with E-state index in [0.29, 0.717) is 33.4 Å². The molecule has 2 aromatic carbocycles. The number of hydrogen-bond donors (Lipinski definition) is 1. The number of nitrogens with one attached hydrogen (secondary N) is 1. The molecule has 0 aliphatic carbocycles. The Morgan fingerprint density at radius 1 is 1.14 bits per heavy atom. The normalized spacial score (nSPS) is 16.7. The van der Waals surface area contributed by atoms with Gasteiger partial charge >= 0.3 is 5.97 Å². The van der Waals surface area contributed by atoms with Crippen molar-refractivity contribution in [1.82, 2.24) is 5.32 Å². The van der Waals surface area contributed by atoms with Gasteiger partial charge in [-0.05, 0) is 61.5 Å². The number of ether oxygens (including phenoxy) is 2. The van der Waals surface area contributed by atoms with Crippen LogP contribution in [-0.4, -0.2) is 25.3 Å². The summed E-state index contributed by atoms with van der Waals surface area (Å²) in [5.74, 6) is -0.116. The number of benzene rings is 2. The van der Waals surface area contributed by atoms with Crippen molar-refractivity contribution < 1.29 is 18.7 Å². The number of rotatable bonds is 4. The first kappa shape index (κ1) is 19.8. The van der Waals surface area contributed by atoms with Crippen LogP contribution in [0.1, 0.15) is 24.1 Å². The number of esters is 1. The molecule has 28 heavy (non-hydrogen) atoms. The molecular weight excluding hydrogens is 379 g/mol. The third kappa shape index (κ3) is 3.57. The molecule has 1 N–H and O–H groups in total. The molecule has 0 saturated carbocycles. The van der Waals surface area contributed by atoms with E-state index < -0.39 is 12.0 Å². The monoisotopic (exact) mass is 400 g/mol. The fraction of sp³-hybridized carbons (Fsp3) is 0.238. The second kappa shape index (κ2) is 7.98. The molecule has 0 unspecified atom stereocenters. The van der Waals surface area contributed by atoms with Crippen LogP contribution >= 0.6 is 12.2 Å². The SMILES string of the molecule is COC(=O)C1=C(C)N(c2ccc(C)c(F)c2)C(=S)N[C@H]1c1ccc(OC)cc1. The van der Waals surface area contributed by atoms with E-state index in [1.54, 1.807) is 38.0 Å². The maximum atomic E-state index is 14.1. The molecule has 1 atom stereocenters. The summed E-state index contributed by atoms with van der Waals surface area (Å²) >= 11 is 5.55. The summed E-state index contributed by atoms with van der Waals surface area (Å²) in [4.78, 5) is 14.2. The number of methoxy groups -OCH3 is 2. The molecule has 2 aromatic rings. The Hall–Kier alpha value is -2.93. The Labute approximate surface area is 168 Å². The van der Waals surface area contributed by atoms with Crippen molar-refractivity contribution in [3.63, 3.8) is 0 Å². The van der Waals surface area contributed by atoms with Gasteiger partial charge in [0.15, 0.2) is 5.11 Å². The summed E-state index contributed by atoms with van der Waals surface area (Å²) in [6.45, 7) is 3.46. The van der Waals surface area contributed by atoms with E-state index in [4.69, 9.17) is 21.7 Å². The maximum Gasteiger partial charge on any atom is 0.337 e. The van der Waals surface area contributed by atoms with E-state index in [1.807, 2.05) is 24.3 Å². The zero-order chi connectivity index (χ0) is 20.4. The van der Waals surface area contributed by atoms with Crippen LogP contribution in [0.15, 0.2) is 53.7 Å². The zero-order valence-corrected chi connectivity index (χ0v) is 16.9. The predicted molar refractivity (Wildman–Crippen MR) is 110 cm³/mol. The molecule has 7 heteroatoms. The van der Waals surface area contributed by atoms with E-state index >= 15 is 0 Å². The second-order valence-corrected chi connectivity index (χ2v) is 6.80. The number of carbonyl (C=O) groups is 1. The number of carbonyl (C=O) groups excluding carboxylic acids is 1. The van der Waals surface area contributed by atoms with Crippen molar-refractivity contribution in [2.45, 2.75) is 19.9 Å². The highest BCUT2D eigenvalue weighted by molar-refractivity contribution is 7.80. The van der Waals surface area contributed by atoms with Crippen LogP contribution in [0.5, 0.6) is 5.75 Å². The molecule has 1 heterocycles. The van der Waals surface area contributed by atoms with Crippen LogP contribution in [0.25, 0.3) is 0 Å². The fourth-order valence-electron chi connectivity index (χ4n) is 3.20. The Kier molecular flexibility index (Phi) is 5.65. The lowest BCUT2D eigenvalue weighted by Crippen LogP contribution is -2.48. The van der Waals surface area contributed by atoms with Gasteiger partial charge in [-0.2, -0.15) is 0 Å². The number of anilines is 1. The lowest BCUT2D eigenvalue weighted by molar-refractivity contribution is -0.136. The molecule has 0 fully saturated rings. The molecule has 0 amide bonds. The van der Waals surface area contributed by atoms with Gasteiger partial charge in [-0.3, -0.25) is 4.90 Å². The van der Waals surface area contributed by atoms with Crippen molar-refractivity contribution >= 4 is 29.0 Å². The Morgan fingerprint density at radius 3 is 2.39 bits per heavy atom. The first-order valence-corrected chi connectivity index (χ1v) is 9.08. The second-order valence-electron chi connectivity index (χ2n) is 6.42. The van der Waals surface area contributed by atoms with Gasteiger partial charge in [0.25, 0.3) is 0 Å². The van der Waals surface area contributed by atoms with Gasteiger partial charge in [0.05, 0.1) is 31.5 Å². The Balaban J connectivity index is 2.11. The lowest BCUT2D eigenvalue weighted by atomic mass is 9.94. The quantitative estimate of drug-likeness (QED) is 0.618. The molecule has 0 saturated heterocycles. The molecule has 146 valence electrons. The third-order valence-electron chi connectivity index (χ3n) is 4.75. The van der Waals surface area contributed by atoms with E-state index in [9.17, 15) is 9.18 Å². The summed E-state index contributed by atoms with van der Waals surface area (Å²) in [6.07, 6.45) is 0. The van der Waals surface area contributed by atoms with Crippen molar-refractivity contribution in [3.8, 4) is 5.75 Å². The van der Waals surface area contributed by atoms with Crippen molar-refractivity contribution in [1.29, 1.82) is 0 Å². The van der Waals surface area contributed by atoms with E-state index in [2.05, 4.69) is 5.32 Å². The maximum absolute atomic E-state index is 14.1. The van der Waals surface area contributed by atoms with Crippen molar-refractivity contribution in [3.05, 3.63) is 70.7 Å². The van der Waals surface area contributed by atoms with E-state index in [0.717, 1.165) is 5.56 Å². The summed E-state index contributed by atoms with van der Waals surface area (Å²) < 4.78 is 24.3. The summed E-state index contributed by atoms with van der Waals surface area (Å²) in [5.41, 5.74) is 2.89. The molecule has 1 aliphatic rings. The van der Waals surface area contributed by atoms with Gasteiger partial charge in [-0.25, -0.2) is 9.18 Å². The number of halogens is 1. The van der Waals surface area contributed by atoms with Gasteiger partial charge in [-0.15, -0.1) is 0 Å². The molecule has 5 nitrogen and oxygen atoms in total. The molecule has 0 spiro atoms. The molecule has 3 rings (SSSR count).